The lowest BCUT2D eigenvalue weighted by Crippen LogP contribution is -2.34. The first-order chi connectivity index (χ1) is 9.75. The van der Waals surface area contributed by atoms with Gasteiger partial charge in [0, 0.05) is 18.4 Å². The molecule has 0 spiro atoms. The van der Waals surface area contributed by atoms with Gasteiger partial charge in [-0.1, -0.05) is 6.07 Å². The molecule has 5 nitrogen and oxygen atoms in total. The molecule has 1 fully saturated rings. The van der Waals surface area contributed by atoms with Gasteiger partial charge in [0.1, 0.15) is 0 Å². The van der Waals surface area contributed by atoms with Crippen molar-refractivity contribution in [1.29, 1.82) is 0 Å². The third-order valence-corrected chi connectivity index (χ3v) is 3.35. The number of carbonyl (C=O) groups is 1. The Labute approximate surface area is 117 Å². The van der Waals surface area contributed by atoms with Crippen molar-refractivity contribution in [2.75, 3.05) is 5.73 Å². The maximum absolute atomic E-state index is 12.6. The van der Waals surface area contributed by atoms with Crippen molar-refractivity contribution >= 4 is 11.6 Å². The summed E-state index contributed by atoms with van der Waals surface area (Å²) < 4.78 is 0. The van der Waals surface area contributed by atoms with Gasteiger partial charge in [-0.25, -0.2) is 4.98 Å². The Balaban J connectivity index is 1.84. The van der Waals surface area contributed by atoms with Gasteiger partial charge in [-0.3, -0.25) is 9.78 Å². The van der Waals surface area contributed by atoms with Gasteiger partial charge in [-0.15, -0.1) is 0 Å². The van der Waals surface area contributed by atoms with Crippen LogP contribution in [0.25, 0.3) is 0 Å². The predicted molar refractivity (Wildman–Crippen MR) is 75.8 cm³/mol. The Bertz CT molecular complexity index is 610. The van der Waals surface area contributed by atoms with E-state index in [1.54, 1.807) is 24.5 Å². The highest BCUT2D eigenvalue weighted by molar-refractivity contribution is 5.97. The largest absolute Gasteiger partial charge is 0.397 e. The standard InChI is InChI=1S/C15H16N4O/c16-13-5-3-9-18-14(13)15(20)19(12-6-7-12)10-11-4-1-2-8-17-11/h1-5,8-9,12H,6-7,10,16H2. The molecule has 0 bridgehead atoms. The molecule has 2 N–H and O–H groups in total. The molecule has 0 radical (unpaired) electrons. The quantitative estimate of drug-likeness (QED) is 0.918. The molecule has 0 saturated heterocycles. The summed E-state index contributed by atoms with van der Waals surface area (Å²) in [6, 6.07) is 9.42. The smallest absolute Gasteiger partial charge is 0.275 e. The van der Waals surface area contributed by atoms with E-state index in [9.17, 15) is 4.79 Å². The van der Waals surface area contributed by atoms with Crippen molar-refractivity contribution in [3.8, 4) is 0 Å². The molecule has 2 aromatic heterocycles. The molecule has 3 rings (SSSR count). The van der Waals surface area contributed by atoms with Gasteiger partial charge in [0.2, 0.25) is 0 Å². The van der Waals surface area contributed by atoms with Crippen LogP contribution in [-0.4, -0.2) is 26.8 Å². The molecule has 102 valence electrons. The van der Waals surface area contributed by atoms with E-state index in [0.29, 0.717) is 17.9 Å². The minimum atomic E-state index is -0.115. The molecule has 0 atom stereocenters. The van der Waals surface area contributed by atoms with E-state index in [1.165, 1.54) is 0 Å². The molecule has 2 heterocycles. The third-order valence-electron chi connectivity index (χ3n) is 3.35. The number of pyridine rings is 2. The number of hydrogen-bond donors (Lipinski definition) is 1. The van der Waals surface area contributed by atoms with Crippen LogP contribution in [0.4, 0.5) is 5.69 Å². The number of nitrogen functional groups attached to an aromatic ring is 1. The average molecular weight is 268 g/mol. The number of hydrogen-bond acceptors (Lipinski definition) is 4. The van der Waals surface area contributed by atoms with Crippen LogP contribution in [0, 0.1) is 0 Å². The van der Waals surface area contributed by atoms with Crippen molar-refractivity contribution in [3.05, 3.63) is 54.1 Å². The lowest BCUT2D eigenvalue weighted by molar-refractivity contribution is 0.0723. The number of aromatic nitrogens is 2. The van der Waals surface area contributed by atoms with Gasteiger partial charge in [0.05, 0.1) is 17.9 Å². The number of anilines is 1. The van der Waals surface area contributed by atoms with Gasteiger partial charge in [0.15, 0.2) is 5.69 Å². The molecule has 20 heavy (non-hydrogen) atoms. The Morgan fingerprint density at radius 3 is 2.65 bits per heavy atom. The summed E-state index contributed by atoms with van der Waals surface area (Å²) in [5.41, 5.74) is 7.47. The molecule has 0 aromatic carbocycles. The van der Waals surface area contributed by atoms with Crippen LogP contribution in [0.3, 0.4) is 0 Å². The topological polar surface area (TPSA) is 72.1 Å². The average Bonchev–Trinajstić information content (AvgIpc) is 3.30. The van der Waals surface area contributed by atoms with Gasteiger partial charge >= 0.3 is 0 Å². The van der Waals surface area contributed by atoms with Crippen molar-refractivity contribution in [3.63, 3.8) is 0 Å². The molecule has 2 aromatic rings. The van der Waals surface area contributed by atoms with Gasteiger partial charge in [-0.05, 0) is 37.1 Å². The molecular weight excluding hydrogens is 252 g/mol. The molecule has 1 saturated carbocycles. The van der Waals surface area contributed by atoms with E-state index < -0.39 is 0 Å². The van der Waals surface area contributed by atoms with Crippen LogP contribution in [0.1, 0.15) is 29.0 Å². The lowest BCUT2D eigenvalue weighted by Gasteiger charge is -2.22. The summed E-state index contributed by atoms with van der Waals surface area (Å²) in [5, 5.41) is 0. The van der Waals surface area contributed by atoms with Crippen molar-refractivity contribution in [2.24, 2.45) is 0 Å². The molecule has 5 heteroatoms. The highest BCUT2D eigenvalue weighted by atomic mass is 16.2. The van der Waals surface area contributed by atoms with E-state index in [0.717, 1.165) is 18.5 Å². The normalized spacial score (nSPS) is 14.0. The van der Waals surface area contributed by atoms with E-state index in [-0.39, 0.29) is 11.9 Å². The van der Waals surface area contributed by atoms with Crippen LogP contribution < -0.4 is 5.73 Å². The van der Waals surface area contributed by atoms with Crippen LogP contribution in [-0.2, 0) is 6.54 Å². The van der Waals surface area contributed by atoms with E-state index in [1.807, 2.05) is 23.1 Å². The summed E-state index contributed by atoms with van der Waals surface area (Å²) >= 11 is 0. The zero-order chi connectivity index (χ0) is 13.9. The van der Waals surface area contributed by atoms with Crippen LogP contribution in [0.5, 0.6) is 0 Å². The number of nitrogens with zero attached hydrogens (tertiary/aromatic N) is 3. The zero-order valence-electron chi connectivity index (χ0n) is 11.1. The number of rotatable bonds is 4. The SMILES string of the molecule is Nc1cccnc1C(=O)N(Cc1ccccn1)C1CC1. The molecule has 1 amide bonds. The van der Waals surface area contributed by atoms with E-state index in [4.69, 9.17) is 5.73 Å². The number of amides is 1. The Morgan fingerprint density at radius 1 is 1.20 bits per heavy atom. The first-order valence-electron chi connectivity index (χ1n) is 6.67. The highest BCUT2D eigenvalue weighted by Gasteiger charge is 2.34. The molecule has 1 aliphatic rings. The van der Waals surface area contributed by atoms with Crippen molar-refractivity contribution in [2.45, 2.75) is 25.4 Å². The maximum atomic E-state index is 12.6. The fourth-order valence-electron chi connectivity index (χ4n) is 2.15. The number of nitrogens with two attached hydrogens (primary N) is 1. The van der Waals surface area contributed by atoms with Crippen LogP contribution in [0.2, 0.25) is 0 Å². The summed E-state index contributed by atoms with van der Waals surface area (Å²) in [7, 11) is 0. The van der Waals surface area contributed by atoms with Crippen LogP contribution >= 0.6 is 0 Å². The van der Waals surface area contributed by atoms with E-state index >= 15 is 0 Å². The monoisotopic (exact) mass is 268 g/mol. The molecule has 0 unspecified atom stereocenters. The second kappa shape index (κ2) is 5.28. The zero-order valence-corrected chi connectivity index (χ0v) is 11.1. The summed E-state index contributed by atoms with van der Waals surface area (Å²) in [4.78, 5) is 22.8. The Kier molecular flexibility index (Phi) is 3.33. The highest BCUT2D eigenvalue weighted by Crippen LogP contribution is 2.30. The molecule has 1 aliphatic carbocycles. The second-order valence-electron chi connectivity index (χ2n) is 4.93. The summed E-state index contributed by atoms with van der Waals surface area (Å²) in [5.74, 6) is -0.115. The fraction of sp³-hybridized carbons (Fsp3) is 0.267. The minimum absolute atomic E-state index is 0.115. The molecule has 0 aliphatic heterocycles. The van der Waals surface area contributed by atoms with Gasteiger partial charge in [-0.2, -0.15) is 0 Å². The first-order valence-corrected chi connectivity index (χ1v) is 6.67. The summed E-state index contributed by atoms with van der Waals surface area (Å²) in [6.07, 6.45) is 5.39. The van der Waals surface area contributed by atoms with Crippen LogP contribution in [0.15, 0.2) is 42.7 Å². The minimum Gasteiger partial charge on any atom is -0.397 e. The van der Waals surface area contributed by atoms with Gasteiger partial charge in [0.25, 0.3) is 5.91 Å². The van der Waals surface area contributed by atoms with E-state index in [2.05, 4.69) is 9.97 Å². The fourth-order valence-corrected chi connectivity index (χ4v) is 2.15. The lowest BCUT2D eigenvalue weighted by atomic mass is 10.2. The maximum Gasteiger partial charge on any atom is 0.275 e. The Hall–Kier alpha value is -2.43. The molecular formula is C15H16N4O. The van der Waals surface area contributed by atoms with Crippen molar-refractivity contribution in [1.82, 2.24) is 14.9 Å². The number of carbonyl (C=O) groups excluding carboxylic acids is 1. The summed E-state index contributed by atoms with van der Waals surface area (Å²) in [6.45, 7) is 0.500. The first kappa shape index (κ1) is 12.6. The predicted octanol–water partition coefficient (Wildman–Crippen LogP) is 1.86. The Morgan fingerprint density at radius 2 is 2.00 bits per heavy atom. The third kappa shape index (κ3) is 2.61. The van der Waals surface area contributed by atoms with Crippen molar-refractivity contribution < 1.29 is 4.79 Å². The van der Waals surface area contributed by atoms with Gasteiger partial charge < -0.3 is 10.6 Å². The second-order valence-corrected chi connectivity index (χ2v) is 4.93.